The Morgan fingerprint density at radius 3 is 2.76 bits per heavy atom. The van der Waals surface area contributed by atoms with Crippen molar-refractivity contribution >= 4 is 5.91 Å². The molecule has 0 aliphatic carbocycles. The largest absolute Gasteiger partial charge is 0.465 e. The van der Waals surface area contributed by atoms with Crippen LogP contribution in [0.1, 0.15) is 42.7 Å². The van der Waals surface area contributed by atoms with Crippen molar-refractivity contribution < 1.29 is 9.21 Å². The monoisotopic (exact) mass is 339 g/mol. The van der Waals surface area contributed by atoms with Crippen LogP contribution in [-0.2, 0) is 24.3 Å². The summed E-state index contributed by atoms with van der Waals surface area (Å²) >= 11 is 0. The fraction of sp³-hybridized carbons (Fsp3) is 0.500. The summed E-state index contributed by atoms with van der Waals surface area (Å²) in [6.45, 7) is 6.52. The van der Waals surface area contributed by atoms with Gasteiger partial charge >= 0.3 is 0 Å². The number of furan rings is 1. The third kappa shape index (κ3) is 3.21. The molecule has 0 saturated carbocycles. The number of aromatic nitrogens is 1. The van der Waals surface area contributed by atoms with Crippen LogP contribution in [0, 0.1) is 6.92 Å². The predicted molar refractivity (Wildman–Crippen MR) is 94.8 cm³/mol. The van der Waals surface area contributed by atoms with E-state index in [2.05, 4.69) is 28.9 Å². The van der Waals surface area contributed by atoms with Crippen LogP contribution in [0.4, 0.5) is 0 Å². The second kappa shape index (κ2) is 6.64. The van der Waals surface area contributed by atoms with Gasteiger partial charge in [-0.15, -0.1) is 0 Å². The number of likely N-dealkylation sites (tertiary alicyclic amines) is 2. The van der Waals surface area contributed by atoms with Crippen LogP contribution < -0.4 is 0 Å². The molecule has 1 amide bonds. The van der Waals surface area contributed by atoms with Crippen molar-refractivity contribution in [2.75, 3.05) is 6.54 Å². The molecule has 0 N–H and O–H groups in total. The number of nitrogens with zero attached hydrogens (tertiary/aromatic N) is 3. The maximum absolute atomic E-state index is 12.6. The highest BCUT2D eigenvalue weighted by atomic mass is 16.3. The Balaban J connectivity index is 1.45. The summed E-state index contributed by atoms with van der Waals surface area (Å²) < 4.78 is 5.86. The van der Waals surface area contributed by atoms with Gasteiger partial charge in [0.15, 0.2) is 0 Å². The highest BCUT2D eigenvalue weighted by molar-refractivity contribution is 5.80. The zero-order valence-corrected chi connectivity index (χ0v) is 14.9. The Morgan fingerprint density at radius 2 is 2.00 bits per heavy atom. The van der Waals surface area contributed by atoms with Gasteiger partial charge in [0, 0.05) is 37.2 Å². The van der Waals surface area contributed by atoms with E-state index in [-0.39, 0.29) is 5.91 Å². The van der Waals surface area contributed by atoms with E-state index in [1.807, 2.05) is 30.0 Å². The van der Waals surface area contributed by atoms with E-state index in [9.17, 15) is 4.79 Å². The minimum atomic E-state index is 0.247. The first-order chi connectivity index (χ1) is 12.1. The summed E-state index contributed by atoms with van der Waals surface area (Å²) in [5.41, 5.74) is 1.98. The number of carbonyl (C=O) groups is 1. The molecule has 0 radical (unpaired) electrons. The van der Waals surface area contributed by atoms with Crippen molar-refractivity contribution in [3.8, 4) is 0 Å². The Morgan fingerprint density at radius 1 is 1.16 bits per heavy atom. The Kier molecular flexibility index (Phi) is 4.34. The van der Waals surface area contributed by atoms with Crippen molar-refractivity contribution in [3.63, 3.8) is 0 Å². The molecule has 0 spiro atoms. The molecule has 2 aliphatic rings. The van der Waals surface area contributed by atoms with E-state index >= 15 is 0 Å². The molecule has 4 heterocycles. The minimum Gasteiger partial charge on any atom is -0.465 e. The third-order valence-electron chi connectivity index (χ3n) is 5.43. The molecule has 2 fully saturated rings. The van der Waals surface area contributed by atoms with Crippen LogP contribution in [0.5, 0.6) is 0 Å². The van der Waals surface area contributed by atoms with Crippen LogP contribution in [-0.4, -0.2) is 39.3 Å². The molecule has 25 heavy (non-hydrogen) atoms. The van der Waals surface area contributed by atoms with E-state index in [4.69, 9.17) is 4.42 Å². The van der Waals surface area contributed by atoms with Gasteiger partial charge in [0.2, 0.25) is 5.91 Å². The zero-order chi connectivity index (χ0) is 17.4. The lowest BCUT2D eigenvalue weighted by atomic mass is 10.1. The quantitative estimate of drug-likeness (QED) is 0.840. The highest BCUT2D eigenvalue weighted by Crippen LogP contribution is 2.34. The van der Waals surface area contributed by atoms with Crippen molar-refractivity contribution in [2.24, 2.45) is 0 Å². The van der Waals surface area contributed by atoms with E-state index in [0.717, 1.165) is 48.8 Å². The predicted octanol–water partition coefficient (Wildman–Crippen LogP) is 2.92. The number of amides is 1. The van der Waals surface area contributed by atoms with Gasteiger partial charge in [-0.1, -0.05) is 13.0 Å². The average molecular weight is 339 g/mol. The normalized spacial score (nSPS) is 23.4. The van der Waals surface area contributed by atoms with Crippen LogP contribution >= 0.6 is 0 Å². The molecule has 4 rings (SSSR count). The van der Waals surface area contributed by atoms with Gasteiger partial charge in [-0.3, -0.25) is 14.7 Å². The molecule has 2 saturated heterocycles. The summed E-state index contributed by atoms with van der Waals surface area (Å²) in [4.78, 5) is 21.6. The molecule has 2 atom stereocenters. The van der Waals surface area contributed by atoms with Gasteiger partial charge in [0.1, 0.15) is 11.5 Å². The molecule has 132 valence electrons. The van der Waals surface area contributed by atoms with Crippen LogP contribution in [0.25, 0.3) is 0 Å². The standard InChI is InChI=1S/C20H25N3O2/c1-3-16-7-8-17(25-16)13-22-10-9-18-19(22)11-20(24)23(18)12-15-6-4-5-14(2)21-15/h4-8,18-19H,3,9-13H2,1-2H3/t18-,19+/m0/s1. The van der Waals surface area contributed by atoms with Crippen LogP contribution in [0.15, 0.2) is 34.7 Å². The zero-order valence-electron chi connectivity index (χ0n) is 14.9. The van der Waals surface area contributed by atoms with E-state index in [0.29, 0.717) is 25.0 Å². The fourth-order valence-corrected chi connectivity index (χ4v) is 4.17. The average Bonchev–Trinajstić information content (AvgIpc) is 3.27. The fourth-order valence-electron chi connectivity index (χ4n) is 4.17. The highest BCUT2D eigenvalue weighted by Gasteiger charge is 2.46. The SMILES string of the molecule is CCc1ccc(CN2CC[C@H]3[C@H]2CC(=O)N3Cc2cccc(C)n2)o1. The topological polar surface area (TPSA) is 49.6 Å². The summed E-state index contributed by atoms with van der Waals surface area (Å²) in [5.74, 6) is 2.28. The number of fused-ring (bicyclic) bond motifs is 1. The van der Waals surface area contributed by atoms with Crippen molar-refractivity contribution in [3.05, 3.63) is 53.2 Å². The lowest BCUT2D eigenvalue weighted by Crippen LogP contribution is -2.36. The summed E-state index contributed by atoms with van der Waals surface area (Å²) in [7, 11) is 0. The van der Waals surface area contributed by atoms with E-state index in [1.165, 1.54) is 0 Å². The van der Waals surface area contributed by atoms with Gasteiger partial charge in [0.05, 0.1) is 18.8 Å². The smallest absolute Gasteiger partial charge is 0.224 e. The number of hydrogen-bond donors (Lipinski definition) is 0. The van der Waals surface area contributed by atoms with E-state index in [1.54, 1.807) is 0 Å². The summed E-state index contributed by atoms with van der Waals surface area (Å²) in [6.07, 6.45) is 2.56. The number of pyridine rings is 1. The molecule has 2 aromatic heterocycles. The molecular weight excluding hydrogens is 314 g/mol. The van der Waals surface area contributed by atoms with E-state index < -0.39 is 0 Å². The molecule has 5 nitrogen and oxygen atoms in total. The number of carbonyl (C=O) groups excluding carboxylic acids is 1. The van der Waals surface area contributed by atoms with Crippen LogP contribution in [0.3, 0.4) is 0 Å². The number of aryl methyl sites for hydroxylation is 2. The molecule has 0 unspecified atom stereocenters. The molecule has 2 aliphatic heterocycles. The minimum absolute atomic E-state index is 0.247. The molecule has 0 aromatic carbocycles. The van der Waals surface area contributed by atoms with Crippen molar-refractivity contribution in [1.82, 2.24) is 14.8 Å². The molecule has 2 aromatic rings. The third-order valence-corrected chi connectivity index (χ3v) is 5.43. The van der Waals surface area contributed by atoms with Gasteiger partial charge < -0.3 is 9.32 Å². The van der Waals surface area contributed by atoms with Gasteiger partial charge in [-0.2, -0.15) is 0 Å². The Hall–Kier alpha value is -2.14. The first-order valence-corrected chi connectivity index (χ1v) is 9.17. The number of rotatable bonds is 5. The maximum Gasteiger partial charge on any atom is 0.224 e. The van der Waals surface area contributed by atoms with Crippen LogP contribution in [0.2, 0.25) is 0 Å². The number of hydrogen-bond acceptors (Lipinski definition) is 4. The Labute approximate surface area is 148 Å². The van der Waals surface area contributed by atoms with Crippen molar-refractivity contribution in [1.29, 1.82) is 0 Å². The first-order valence-electron chi connectivity index (χ1n) is 9.17. The lowest BCUT2D eigenvalue weighted by Gasteiger charge is -2.25. The Bertz CT molecular complexity index is 770. The summed E-state index contributed by atoms with van der Waals surface area (Å²) in [6, 6.07) is 10.7. The molecule has 5 heteroatoms. The van der Waals surface area contributed by atoms with Gasteiger partial charge in [0.25, 0.3) is 0 Å². The molecular formula is C20H25N3O2. The first kappa shape index (κ1) is 16.3. The summed E-state index contributed by atoms with van der Waals surface area (Å²) in [5, 5.41) is 0. The van der Waals surface area contributed by atoms with Crippen molar-refractivity contribution in [2.45, 2.75) is 58.3 Å². The lowest BCUT2D eigenvalue weighted by molar-refractivity contribution is -0.129. The molecule has 0 bridgehead atoms. The maximum atomic E-state index is 12.6. The van der Waals surface area contributed by atoms with Gasteiger partial charge in [-0.05, 0) is 37.6 Å². The second-order valence-electron chi connectivity index (χ2n) is 7.11. The second-order valence-corrected chi connectivity index (χ2v) is 7.11. The van der Waals surface area contributed by atoms with Gasteiger partial charge in [-0.25, -0.2) is 0 Å².